The molecule has 0 aromatic carbocycles. The molecule has 0 unspecified atom stereocenters. The number of anilines is 2. The van der Waals surface area contributed by atoms with Gasteiger partial charge < -0.3 is 15.6 Å². The number of nitrogens with two attached hydrogens (primary N) is 1. The number of aromatic nitrogens is 4. The molecule has 0 saturated heterocycles. The average molecular weight is 232 g/mol. The van der Waals surface area contributed by atoms with Gasteiger partial charge in [-0.25, -0.2) is 4.98 Å². The standard InChI is InChI=1S/C11H16N6/c1-6-14-8-9(13-5-7-3-4-7)15-11(12)16-10(8)17(6)2/h7H,3-5H2,1-2H3,(H3,12,13,15,16). The van der Waals surface area contributed by atoms with Crippen molar-refractivity contribution in [3.63, 3.8) is 0 Å². The Morgan fingerprint density at radius 3 is 2.82 bits per heavy atom. The molecule has 0 radical (unpaired) electrons. The number of nitrogens with zero attached hydrogens (tertiary/aromatic N) is 4. The molecule has 1 aliphatic carbocycles. The van der Waals surface area contributed by atoms with Crippen LogP contribution in [0.5, 0.6) is 0 Å². The number of fused-ring (bicyclic) bond motifs is 1. The van der Waals surface area contributed by atoms with Crippen LogP contribution in [0.15, 0.2) is 0 Å². The first-order valence-corrected chi connectivity index (χ1v) is 5.85. The second-order valence-corrected chi connectivity index (χ2v) is 4.64. The van der Waals surface area contributed by atoms with Gasteiger partial charge >= 0.3 is 0 Å². The smallest absolute Gasteiger partial charge is 0.224 e. The lowest BCUT2D eigenvalue weighted by molar-refractivity contribution is 0.873. The van der Waals surface area contributed by atoms with E-state index in [0.717, 1.165) is 35.3 Å². The van der Waals surface area contributed by atoms with E-state index in [4.69, 9.17) is 5.73 Å². The number of aryl methyl sites for hydroxylation is 2. The minimum absolute atomic E-state index is 0.291. The predicted molar refractivity (Wildman–Crippen MR) is 66.7 cm³/mol. The Morgan fingerprint density at radius 2 is 2.12 bits per heavy atom. The zero-order valence-electron chi connectivity index (χ0n) is 10.1. The Balaban J connectivity index is 2.04. The molecule has 17 heavy (non-hydrogen) atoms. The Labute approximate surface area is 99.3 Å². The van der Waals surface area contributed by atoms with Crippen LogP contribution in [0.3, 0.4) is 0 Å². The molecule has 2 aromatic rings. The van der Waals surface area contributed by atoms with Gasteiger partial charge in [0, 0.05) is 13.6 Å². The van der Waals surface area contributed by atoms with Crippen molar-refractivity contribution < 1.29 is 0 Å². The lowest BCUT2D eigenvalue weighted by atomic mass is 10.4. The number of nitrogens with one attached hydrogen (secondary N) is 1. The molecule has 90 valence electrons. The molecule has 1 aliphatic rings. The van der Waals surface area contributed by atoms with Gasteiger partial charge in [-0.3, -0.25) is 0 Å². The van der Waals surface area contributed by atoms with Gasteiger partial charge in [-0.05, 0) is 25.7 Å². The second-order valence-electron chi connectivity index (χ2n) is 4.64. The summed E-state index contributed by atoms with van der Waals surface area (Å²) >= 11 is 0. The maximum Gasteiger partial charge on any atom is 0.224 e. The van der Waals surface area contributed by atoms with E-state index in [1.54, 1.807) is 0 Å². The maximum absolute atomic E-state index is 5.72. The maximum atomic E-state index is 5.72. The minimum atomic E-state index is 0.291. The molecule has 0 spiro atoms. The molecule has 2 aromatic heterocycles. The van der Waals surface area contributed by atoms with Gasteiger partial charge in [0.2, 0.25) is 5.95 Å². The number of rotatable bonds is 3. The lowest BCUT2D eigenvalue weighted by Gasteiger charge is -2.05. The van der Waals surface area contributed by atoms with Crippen LogP contribution < -0.4 is 11.1 Å². The zero-order chi connectivity index (χ0) is 12.0. The van der Waals surface area contributed by atoms with E-state index in [0.29, 0.717) is 5.95 Å². The lowest BCUT2D eigenvalue weighted by Crippen LogP contribution is -2.08. The third-order valence-electron chi connectivity index (χ3n) is 3.21. The number of nitrogen functional groups attached to an aromatic ring is 1. The molecule has 1 fully saturated rings. The largest absolute Gasteiger partial charge is 0.368 e. The van der Waals surface area contributed by atoms with E-state index in [9.17, 15) is 0 Å². The van der Waals surface area contributed by atoms with E-state index in [1.165, 1.54) is 12.8 Å². The van der Waals surface area contributed by atoms with Crippen LogP contribution in [-0.4, -0.2) is 26.1 Å². The summed E-state index contributed by atoms with van der Waals surface area (Å²) < 4.78 is 1.93. The minimum Gasteiger partial charge on any atom is -0.368 e. The summed E-state index contributed by atoms with van der Waals surface area (Å²) in [6, 6.07) is 0. The van der Waals surface area contributed by atoms with Crippen LogP contribution >= 0.6 is 0 Å². The van der Waals surface area contributed by atoms with E-state index < -0.39 is 0 Å². The van der Waals surface area contributed by atoms with Crippen LogP contribution in [0, 0.1) is 12.8 Å². The van der Waals surface area contributed by atoms with Crippen molar-refractivity contribution in [2.45, 2.75) is 19.8 Å². The molecule has 0 aliphatic heterocycles. The predicted octanol–water partition coefficient (Wildman–Crippen LogP) is 1.08. The first-order chi connectivity index (χ1) is 8.15. The van der Waals surface area contributed by atoms with Crippen LogP contribution in [0.1, 0.15) is 18.7 Å². The summed E-state index contributed by atoms with van der Waals surface area (Å²) in [6.45, 7) is 2.89. The summed E-state index contributed by atoms with van der Waals surface area (Å²) in [5, 5.41) is 3.32. The molecular weight excluding hydrogens is 216 g/mol. The molecule has 3 rings (SSSR count). The van der Waals surface area contributed by atoms with Crippen LogP contribution in [-0.2, 0) is 7.05 Å². The monoisotopic (exact) mass is 232 g/mol. The summed E-state index contributed by atoms with van der Waals surface area (Å²) in [5.74, 6) is 2.74. The van der Waals surface area contributed by atoms with Crippen molar-refractivity contribution in [2.24, 2.45) is 13.0 Å². The third kappa shape index (κ3) is 1.79. The van der Waals surface area contributed by atoms with Crippen LogP contribution in [0.25, 0.3) is 11.2 Å². The molecular formula is C11H16N6. The Kier molecular flexibility index (Phi) is 2.17. The Morgan fingerprint density at radius 1 is 1.35 bits per heavy atom. The van der Waals surface area contributed by atoms with Crippen LogP contribution in [0.2, 0.25) is 0 Å². The molecule has 6 heteroatoms. The SMILES string of the molecule is Cc1nc2c(NCC3CC3)nc(N)nc2n1C. The average Bonchev–Trinajstić information content (AvgIpc) is 3.07. The Bertz CT molecular complexity index is 569. The fraction of sp³-hybridized carbons (Fsp3) is 0.545. The summed E-state index contributed by atoms with van der Waals surface area (Å²) in [5.41, 5.74) is 7.31. The van der Waals surface area contributed by atoms with Gasteiger partial charge in [-0.2, -0.15) is 9.97 Å². The second kappa shape index (κ2) is 3.58. The molecule has 3 N–H and O–H groups in total. The van der Waals surface area contributed by atoms with E-state index in [1.807, 2.05) is 18.5 Å². The number of imidazole rings is 1. The van der Waals surface area contributed by atoms with Crippen molar-refractivity contribution in [1.29, 1.82) is 0 Å². The third-order valence-corrected chi connectivity index (χ3v) is 3.21. The normalized spacial score (nSPS) is 15.4. The van der Waals surface area contributed by atoms with Gasteiger partial charge in [0.05, 0.1) is 0 Å². The van der Waals surface area contributed by atoms with Gasteiger partial charge in [-0.1, -0.05) is 0 Å². The van der Waals surface area contributed by atoms with Crippen molar-refractivity contribution >= 4 is 22.9 Å². The highest BCUT2D eigenvalue weighted by Gasteiger charge is 2.22. The summed E-state index contributed by atoms with van der Waals surface area (Å²) in [7, 11) is 1.93. The molecule has 1 saturated carbocycles. The highest BCUT2D eigenvalue weighted by Crippen LogP contribution is 2.29. The summed E-state index contributed by atoms with van der Waals surface area (Å²) in [4.78, 5) is 12.9. The van der Waals surface area contributed by atoms with E-state index in [-0.39, 0.29) is 0 Å². The molecule has 6 nitrogen and oxygen atoms in total. The number of hydrogen-bond acceptors (Lipinski definition) is 5. The molecule has 0 bridgehead atoms. The van der Waals surface area contributed by atoms with Gasteiger partial charge in [0.15, 0.2) is 17.0 Å². The first kappa shape index (κ1) is 10.3. The van der Waals surface area contributed by atoms with Gasteiger partial charge in [-0.15, -0.1) is 0 Å². The quantitative estimate of drug-likeness (QED) is 0.827. The van der Waals surface area contributed by atoms with Gasteiger partial charge in [0.25, 0.3) is 0 Å². The highest BCUT2D eigenvalue weighted by atomic mass is 15.2. The number of hydrogen-bond donors (Lipinski definition) is 2. The topological polar surface area (TPSA) is 81.7 Å². The zero-order valence-corrected chi connectivity index (χ0v) is 10.1. The van der Waals surface area contributed by atoms with Crippen molar-refractivity contribution in [1.82, 2.24) is 19.5 Å². The van der Waals surface area contributed by atoms with E-state index in [2.05, 4.69) is 20.3 Å². The fourth-order valence-electron chi connectivity index (χ4n) is 1.87. The van der Waals surface area contributed by atoms with Crippen LogP contribution in [0.4, 0.5) is 11.8 Å². The Hall–Kier alpha value is -1.85. The molecule has 0 amide bonds. The summed E-state index contributed by atoms with van der Waals surface area (Å²) in [6.07, 6.45) is 2.61. The van der Waals surface area contributed by atoms with E-state index >= 15 is 0 Å². The van der Waals surface area contributed by atoms with Crippen molar-refractivity contribution in [2.75, 3.05) is 17.6 Å². The van der Waals surface area contributed by atoms with Gasteiger partial charge in [0.1, 0.15) is 5.82 Å². The first-order valence-electron chi connectivity index (χ1n) is 5.85. The van der Waals surface area contributed by atoms with Crippen molar-refractivity contribution in [3.8, 4) is 0 Å². The van der Waals surface area contributed by atoms with Crippen molar-refractivity contribution in [3.05, 3.63) is 5.82 Å². The molecule has 2 heterocycles. The fourth-order valence-corrected chi connectivity index (χ4v) is 1.87. The highest BCUT2D eigenvalue weighted by molar-refractivity contribution is 5.84. The molecule has 0 atom stereocenters.